The molecule has 0 radical (unpaired) electrons. The number of aromatic nitrogens is 4. The van der Waals surface area contributed by atoms with E-state index in [1.54, 1.807) is 12.3 Å². The normalized spacial score (nSPS) is 21.5. The number of hydrogen-bond acceptors (Lipinski definition) is 8. The van der Waals surface area contributed by atoms with Crippen molar-refractivity contribution < 1.29 is 17.2 Å². The molecule has 13 heteroatoms. The Morgan fingerprint density at radius 2 is 1.97 bits per heavy atom. The van der Waals surface area contributed by atoms with E-state index in [1.807, 2.05) is 12.1 Å². The van der Waals surface area contributed by atoms with Gasteiger partial charge in [0.15, 0.2) is 5.65 Å². The van der Waals surface area contributed by atoms with E-state index in [4.69, 9.17) is 4.98 Å². The zero-order valence-corrected chi connectivity index (χ0v) is 21.4. The molecular formula is C24H30F2N8O2S. The van der Waals surface area contributed by atoms with Crippen molar-refractivity contribution in [3.8, 4) is 11.3 Å². The molecule has 0 aromatic carbocycles. The topological polar surface area (TPSA) is 108 Å². The molecule has 6 rings (SSSR count). The van der Waals surface area contributed by atoms with Gasteiger partial charge in [0.2, 0.25) is 10.0 Å². The second-order valence-corrected chi connectivity index (χ2v) is 12.3. The Balaban J connectivity index is 1.35. The van der Waals surface area contributed by atoms with Crippen LogP contribution in [-0.2, 0) is 10.0 Å². The molecule has 1 atom stereocenters. The maximum Gasteiger partial charge on any atom is 0.282 e. The fraction of sp³-hybridized carbons (Fsp3) is 0.542. The summed E-state index contributed by atoms with van der Waals surface area (Å²) in [6.45, 7) is 4.62. The van der Waals surface area contributed by atoms with Gasteiger partial charge >= 0.3 is 0 Å². The Hall–Kier alpha value is -2.90. The van der Waals surface area contributed by atoms with Crippen LogP contribution in [0.3, 0.4) is 0 Å². The number of rotatable bonds is 7. The predicted molar refractivity (Wildman–Crippen MR) is 137 cm³/mol. The summed E-state index contributed by atoms with van der Waals surface area (Å²) in [5.74, 6) is 1.76. The minimum Gasteiger partial charge on any atom is -0.356 e. The first kappa shape index (κ1) is 24.4. The summed E-state index contributed by atoms with van der Waals surface area (Å²) in [6.07, 6.45) is 3.14. The van der Waals surface area contributed by atoms with Crippen LogP contribution in [0.2, 0.25) is 0 Å². The van der Waals surface area contributed by atoms with Gasteiger partial charge in [-0.3, -0.25) is 0 Å². The van der Waals surface area contributed by atoms with Gasteiger partial charge in [-0.2, -0.15) is 5.10 Å². The summed E-state index contributed by atoms with van der Waals surface area (Å²) in [6, 6.07) is 6.77. The number of piperidine rings is 1. The highest BCUT2D eigenvalue weighted by molar-refractivity contribution is 7.88. The Morgan fingerprint density at radius 1 is 1.22 bits per heavy atom. The lowest BCUT2D eigenvalue weighted by molar-refractivity contribution is 0.144. The van der Waals surface area contributed by atoms with Crippen LogP contribution >= 0.6 is 0 Å². The molecule has 198 valence electrons. The van der Waals surface area contributed by atoms with Gasteiger partial charge < -0.3 is 15.1 Å². The first-order valence-corrected chi connectivity index (χ1v) is 14.4. The number of nitrogens with zero attached hydrogens (tertiary/aromatic N) is 6. The fourth-order valence-electron chi connectivity index (χ4n) is 5.48. The van der Waals surface area contributed by atoms with E-state index in [1.165, 1.54) is 16.8 Å². The van der Waals surface area contributed by atoms with Gasteiger partial charge in [0.1, 0.15) is 17.3 Å². The van der Waals surface area contributed by atoms with Crippen molar-refractivity contribution >= 4 is 27.3 Å². The zero-order chi connectivity index (χ0) is 25.8. The van der Waals surface area contributed by atoms with Crippen molar-refractivity contribution in [2.75, 3.05) is 55.3 Å². The van der Waals surface area contributed by atoms with Crippen molar-refractivity contribution in [2.24, 2.45) is 5.92 Å². The third kappa shape index (κ3) is 4.87. The molecule has 6 heterocycles. The van der Waals surface area contributed by atoms with Crippen LogP contribution in [0.25, 0.3) is 16.9 Å². The maximum absolute atomic E-state index is 13.4. The van der Waals surface area contributed by atoms with Gasteiger partial charge in [0.05, 0.1) is 23.7 Å². The van der Waals surface area contributed by atoms with E-state index in [9.17, 15) is 17.2 Å². The Kier molecular flexibility index (Phi) is 6.03. The van der Waals surface area contributed by atoms with E-state index >= 15 is 0 Å². The average molecular weight is 533 g/mol. The van der Waals surface area contributed by atoms with Crippen LogP contribution in [0, 0.1) is 5.92 Å². The Bertz CT molecular complexity index is 1420. The minimum atomic E-state index is -3.26. The van der Waals surface area contributed by atoms with Crippen molar-refractivity contribution in [1.82, 2.24) is 29.6 Å². The molecule has 0 amide bonds. The van der Waals surface area contributed by atoms with Gasteiger partial charge in [-0.1, -0.05) is 0 Å². The van der Waals surface area contributed by atoms with E-state index in [-0.39, 0.29) is 17.2 Å². The number of fused-ring (bicyclic) bond motifs is 1. The Morgan fingerprint density at radius 3 is 2.65 bits per heavy atom. The lowest BCUT2D eigenvalue weighted by Gasteiger charge is -2.57. The van der Waals surface area contributed by atoms with Gasteiger partial charge in [-0.25, -0.2) is 36.4 Å². The van der Waals surface area contributed by atoms with Crippen LogP contribution in [0.4, 0.5) is 20.4 Å². The lowest BCUT2D eigenvalue weighted by Crippen LogP contribution is -2.76. The molecule has 1 unspecified atom stereocenters. The van der Waals surface area contributed by atoms with E-state index in [0.29, 0.717) is 24.4 Å². The molecule has 0 bridgehead atoms. The number of halogens is 2. The third-order valence-electron chi connectivity index (χ3n) is 7.59. The second kappa shape index (κ2) is 9.14. The molecule has 0 saturated carbocycles. The lowest BCUT2D eigenvalue weighted by atomic mass is 9.80. The number of nitrogens with one attached hydrogen (secondary N) is 2. The highest BCUT2D eigenvalue weighted by Gasteiger charge is 2.47. The monoisotopic (exact) mass is 532 g/mol. The molecule has 37 heavy (non-hydrogen) atoms. The molecule has 3 aromatic rings. The number of alkyl halides is 2. The van der Waals surface area contributed by atoms with Crippen LogP contribution in [0.15, 0.2) is 30.5 Å². The highest BCUT2D eigenvalue weighted by Crippen LogP contribution is 2.37. The first-order valence-electron chi connectivity index (χ1n) is 12.5. The Labute approximate surface area is 214 Å². The SMILES string of the molecule is CS(=O)(=O)NCC1CCCN(c2cc(-c3cnc4ccc(C(F)F)nn34)cc(N3CC4(CCN4)C3)n2)C1. The van der Waals surface area contributed by atoms with Crippen molar-refractivity contribution in [2.45, 2.75) is 31.2 Å². The zero-order valence-electron chi connectivity index (χ0n) is 20.6. The smallest absolute Gasteiger partial charge is 0.282 e. The largest absolute Gasteiger partial charge is 0.356 e. The molecular weight excluding hydrogens is 502 g/mol. The van der Waals surface area contributed by atoms with E-state index < -0.39 is 16.4 Å². The quantitative estimate of drug-likeness (QED) is 0.476. The number of sulfonamides is 1. The van der Waals surface area contributed by atoms with Crippen LogP contribution in [0.5, 0.6) is 0 Å². The van der Waals surface area contributed by atoms with E-state index in [0.717, 1.165) is 62.6 Å². The molecule has 3 aliphatic heterocycles. The molecule has 2 N–H and O–H groups in total. The summed E-state index contributed by atoms with van der Waals surface area (Å²) >= 11 is 0. The average Bonchev–Trinajstić information content (AvgIpc) is 3.24. The molecule has 3 aliphatic rings. The van der Waals surface area contributed by atoms with Gasteiger partial charge in [0.25, 0.3) is 6.43 Å². The van der Waals surface area contributed by atoms with E-state index in [2.05, 4.69) is 29.9 Å². The van der Waals surface area contributed by atoms with Crippen molar-refractivity contribution in [3.05, 3.63) is 36.2 Å². The van der Waals surface area contributed by atoms with Crippen LogP contribution in [0.1, 0.15) is 31.4 Å². The number of anilines is 2. The summed E-state index contributed by atoms with van der Waals surface area (Å²) in [4.78, 5) is 13.8. The standard InChI is InChI=1S/C24H30F2N8O2S/c1-37(35,36)29-11-16-3-2-8-32(13-16)21-9-17(10-22(30-21)33-14-24(15-33)6-7-28-24)19-12-27-20-5-4-18(23(25)26)31-34(19)20/h4-5,9-10,12,16,23,28-29H,2-3,6-8,11,13-15H2,1H3. The van der Waals surface area contributed by atoms with Crippen molar-refractivity contribution in [1.29, 1.82) is 0 Å². The number of imidazole rings is 1. The number of pyridine rings is 1. The number of hydrogen-bond donors (Lipinski definition) is 2. The van der Waals surface area contributed by atoms with Gasteiger partial charge in [-0.05, 0) is 56.0 Å². The molecule has 3 saturated heterocycles. The fourth-order valence-corrected chi connectivity index (χ4v) is 6.02. The first-order chi connectivity index (χ1) is 17.7. The summed E-state index contributed by atoms with van der Waals surface area (Å²) in [5, 5.41) is 7.67. The highest BCUT2D eigenvalue weighted by atomic mass is 32.2. The summed E-state index contributed by atoms with van der Waals surface area (Å²) < 4.78 is 54.1. The summed E-state index contributed by atoms with van der Waals surface area (Å²) in [5.41, 5.74) is 1.77. The summed E-state index contributed by atoms with van der Waals surface area (Å²) in [7, 11) is -3.26. The molecule has 10 nitrogen and oxygen atoms in total. The third-order valence-corrected chi connectivity index (χ3v) is 8.28. The molecule has 0 aliphatic carbocycles. The van der Waals surface area contributed by atoms with Gasteiger partial charge in [0, 0.05) is 38.3 Å². The van der Waals surface area contributed by atoms with Crippen LogP contribution < -0.4 is 19.8 Å². The van der Waals surface area contributed by atoms with Crippen LogP contribution in [-0.4, -0.2) is 79.1 Å². The maximum atomic E-state index is 13.4. The minimum absolute atomic E-state index is 0.162. The molecule has 3 aromatic heterocycles. The molecule has 3 fully saturated rings. The molecule has 1 spiro atoms. The van der Waals surface area contributed by atoms with Gasteiger partial charge in [-0.15, -0.1) is 0 Å². The second-order valence-electron chi connectivity index (χ2n) is 10.4. The predicted octanol–water partition coefficient (Wildman–Crippen LogP) is 2.05. The van der Waals surface area contributed by atoms with Crippen molar-refractivity contribution in [3.63, 3.8) is 0 Å².